The topological polar surface area (TPSA) is 155 Å². The summed E-state index contributed by atoms with van der Waals surface area (Å²) in [6.45, 7) is 3.36. The molecule has 56 heavy (non-hydrogen) atoms. The van der Waals surface area contributed by atoms with Crippen LogP contribution in [0.1, 0.15) is 136 Å². The van der Waals surface area contributed by atoms with Crippen LogP contribution in [0.3, 0.4) is 0 Å². The molecule has 0 aliphatic heterocycles. The van der Waals surface area contributed by atoms with Crippen LogP contribution in [0.2, 0.25) is 0 Å². The first-order valence-electron chi connectivity index (χ1n) is 20.8. The number of allylic oxidation sites excluding steroid dienone is 14. The highest BCUT2D eigenvalue weighted by molar-refractivity contribution is 7.47. The lowest BCUT2D eigenvalue weighted by Crippen LogP contribution is -2.29. The largest absolute Gasteiger partial charge is 0.472 e. The van der Waals surface area contributed by atoms with Gasteiger partial charge in [-0.05, 0) is 83.5 Å². The van der Waals surface area contributed by atoms with Gasteiger partial charge in [0.2, 0.25) is 0 Å². The molecule has 318 valence electrons. The van der Waals surface area contributed by atoms with Gasteiger partial charge in [-0.2, -0.15) is 0 Å². The molecule has 0 saturated carbocycles. The molecule has 0 heterocycles. The van der Waals surface area contributed by atoms with Crippen LogP contribution >= 0.6 is 7.82 Å². The monoisotopic (exact) mass is 804 g/mol. The summed E-state index contributed by atoms with van der Waals surface area (Å²) in [5.41, 5.74) is 5.33. The molecule has 0 aromatic carbocycles. The Morgan fingerprint density at radius 3 is 1.86 bits per heavy atom. The summed E-state index contributed by atoms with van der Waals surface area (Å²) in [5.74, 6) is -0.998. The zero-order valence-electron chi connectivity index (χ0n) is 34.4. The Kier molecular flexibility index (Phi) is 37.9. The van der Waals surface area contributed by atoms with Crippen LogP contribution in [0.4, 0.5) is 0 Å². The number of rotatable bonds is 37. The number of esters is 2. The van der Waals surface area contributed by atoms with Gasteiger partial charge in [0.15, 0.2) is 6.10 Å². The average Bonchev–Trinajstić information content (AvgIpc) is 3.18. The van der Waals surface area contributed by atoms with E-state index in [9.17, 15) is 24.2 Å². The number of hydrogen-bond donors (Lipinski definition) is 3. The predicted octanol–water partition coefficient (Wildman–Crippen LogP) is 10.8. The lowest BCUT2D eigenvalue weighted by Gasteiger charge is -2.19. The number of phosphoric acid groups is 1. The van der Waals surface area contributed by atoms with Crippen LogP contribution in [0, 0.1) is 0 Å². The molecule has 0 spiro atoms. The van der Waals surface area contributed by atoms with E-state index in [4.69, 9.17) is 24.3 Å². The first-order chi connectivity index (χ1) is 27.2. The molecular formula is C45H74NO9P. The maximum Gasteiger partial charge on any atom is 0.472 e. The summed E-state index contributed by atoms with van der Waals surface area (Å²) in [6.07, 6.45) is 47.5. The minimum atomic E-state index is -4.42. The van der Waals surface area contributed by atoms with Crippen molar-refractivity contribution in [3.05, 3.63) is 97.2 Å². The Bertz CT molecular complexity index is 1250. The van der Waals surface area contributed by atoms with Crippen LogP contribution < -0.4 is 5.73 Å². The minimum Gasteiger partial charge on any atom is -0.462 e. The zero-order chi connectivity index (χ0) is 41.2. The summed E-state index contributed by atoms with van der Waals surface area (Å²) >= 11 is 0. The van der Waals surface area contributed by atoms with Crippen molar-refractivity contribution in [2.45, 2.75) is 148 Å². The average molecular weight is 804 g/mol. The van der Waals surface area contributed by atoms with Crippen LogP contribution in [0.5, 0.6) is 0 Å². The lowest BCUT2D eigenvalue weighted by atomic mass is 10.1. The van der Waals surface area contributed by atoms with Gasteiger partial charge >= 0.3 is 19.8 Å². The molecule has 0 amide bonds. The van der Waals surface area contributed by atoms with Gasteiger partial charge in [-0.25, -0.2) is 4.57 Å². The molecule has 0 aromatic rings. The molecule has 0 rings (SSSR count). The minimum absolute atomic E-state index is 0.0238. The molecule has 0 saturated heterocycles. The van der Waals surface area contributed by atoms with Gasteiger partial charge in [0, 0.05) is 19.4 Å². The highest BCUT2D eigenvalue weighted by Gasteiger charge is 2.25. The summed E-state index contributed by atoms with van der Waals surface area (Å²) in [4.78, 5) is 34.8. The first kappa shape index (κ1) is 52.9. The number of aliphatic hydroxyl groups excluding tert-OH is 1. The van der Waals surface area contributed by atoms with Crippen LogP contribution in [-0.2, 0) is 32.7 Å². The maximum absolute atomic E-state index is 12.6. The second-order valence-corrected chi connectivity index (χ2v) is 14.8. The summed E-state index contributed by atoms with van der Waals surface area (Å²) in [5, 5.41) is 10.1. The Hall–Kier alpha value is -3.11. The fourth-order valence-corrected chi connectivity index (χ4v) is 5.70. The third-order valence-electron chi connectivity index (χ3n) is 8.03. The first-order valence-corrected chi connectivity index (χ1v) is 22.3. The van der Waals surface area contributed by atoms with Crippen molar-refractivity contribution in [2.24, 2.45) is 5.73 Å². The molecule has 0 aliphatic rings. The van der Waals surface area contributed by atoms with Crippen molar-refractivity contribution >= 4 is 19.8 Å². The van der Waals surface area contributed by atoms with Gasteiger partial charge in [0.1, 0.15) is 6.61 Å². The highest BCUT2D eigenvalue weighted by atomic mass is 31.2. The molecule has 0 fully saturated rings. The van der Waals surface area contributed by atoms with Crippen molar-refractivity contribution in [3.8, 4) is 0 Å². The van der Waals surface area contributed by atoms with E-state index in [0.717, 1.165) is 64.2 Å². The number of nitrogens with two attached hydrogens (primary N) is 1. The van der Waals surface area contributed by atoms with E-state index in [1.165, 1.54) is 19.3 Å². The summed E-state index contributed by atoms with van der Waals surface area (Å²) in [7, 11) is -4.42. The quantitative estimate of drug-likeness (QED) is 0.0182. The number of aliphatic hydroxyl groups is 1. The van der Waals surface area contributed by atoms with Gasteiger partial charge in [-0.1, -0.05) is 137 Å². The van der Waals surface area contributed by atoms with Crippen LogP contribution in [0.15, 0.2) is 97.2 Å². The zero-order valence-corrected chi connectivity index (χ0v) is 35.3. The standard InChI is InChI=1S/C45H74NO9P/c1-3-5-7-9-11-13-14-15-16-17-18-19-20-22-24-28-33-37-45(49)55-43(41-54-56(50,51)53-39-38-46)40-52-44(48)36-32-29-25-27-31-35-42(47)34-30-26-23-21-12-10-8-6-4-2/h5,7,11-13,15-16,18-19,21,25-27,30-31,35,42-43,47H,3-4,6,8-10,14,17,20,22-24,28-29,32-34,36-41,46H2,1-2H3,(H,50,51)/b7-5-,13-11-,16-15-,19-18-,21-12-,27-25+,30-26-,35-31-/t42?,43-/m1/s1. The van der Waals surface area contributed by atoms with Crippen molar-refractivity contribution in [1.29, 1.82) is 0 Å². The molecule has 2 unspecified atom stereocenters. The molecule has 3 atom stereocenters. The molecule has 0 aromatic heterocycles. The van der Waals surface area contributed by atoms with Crippen molar-refractivity contribution < 1.29 is 42.7 Å². The fraction of sp³-hybridized carbons (Fsp3) is 0.600. The molecule has 0 bridgehead atoms. The van der Waals surface area contributed by atoms with Gasteiger partial charge in [-0.15, -0.1) is 0 Å². The Labute approximate surface area is 339 Å². The predicted molar refractivity (Wildman–Crippen MR) is 230 cm³/mol. The Morgan fingerprint density at radius 1 is 0.643 bits per heavy atom. The van der Waals surface area contributed by atoms with Gasteiger partial charge in [0.25, 0.3) is 0 Å². The molecule has 0 aliphatic carbocycles. The highest BCUT2D eigenvalue weighted by Crippen LogP contribution is 2.43. The molecule has 4 N–H and O–H groups in total. The number of phosphoric ester groups is 1. The number of unbranched alkanes of at least 4 members (excludes halogenated alkanes) is 8. The second kappa shape index (κ2) is 40.1. The van der Waals surface area contributed by atoms with Crippen molar-refractivity contribution in [3.63, 3.8) is 0 Å². The number of carbonyl (C=O) groups is 2. The number of carbonyl (C=O) groups excluding carboxylic acids is 2. The molecule has 0 radical (unpaired) electrons. The van der Waals surface area contributed by atoms with E-state index in [-0.39, 0.29) is 32.6 Å². The molecular weight excluding hydrogens is 729 g/mol. The van der Waals surface area contributed by atoms with E-state index >= 15 is 0 Å². The van der Waals surface area contributed by atoms with Gasteiger partial charge < -0.3 is 25.2 Å². The number of ether oxygens (including phenoxy) is 2. The third-order valence-corrected chi connectivity index (χ3v) is 9.02. The smallest absolute Gasteiger partial charge is 0.462 e. The molecule has 10 nitrogen and oxygen atoms in total. The van der Waals surface area contributed by atoms with Gasteiger partial charge in [-0.3, -0.25) is 18.6 Å². The fourth-order valence-electron chi connectivity index (χ4n) is 4.93. The molecule has 11 heteroatoms. The van der Waals surface area contributed by atoms with Gasteiger partial charge in [0.05, 0.1) is 19.3 Å². The SMILES string of the molecule is CC/C=C\C/C=C\C/C=C\C/C=C\CCCCCCC(=O)O[C@H](COC(=O)CCC/C=C/C=C\C(O)C/C=C\C/C=C\CCCCC)COP(=O)(O)OCCN. The van der Waals surface area contributed by atoms with E-state index in [2.05, 4.69) is 80.7 Å². The second-order valence-electron chi connectivity index (χ2n) is 13.3. The lowest BCUT2D eigenvalue weighted by molar-refractivity contribution is -0.161. The van der Waals surface area contributed by atoms with E-state index in [0.29, 0.717) is 25.7 Å². The van der Waals surface area contributed by atoms with E-state index < -0.39 is 38.6 Å². The normalized spacial score (nSPS) is 14.9. The van der Waals surface area contributed by atoms with Crippen molar-refractivity contribution in [1.82, 2.24) is 0 Å². The van der Waals surface area contributed by atoms with Crippen molar-refractivity contribution in [2.75, 3.05) is 26.4 Å². The Balaban J connectivity index is 4.43. The summed E-state index contributed by atoms with van der Waals surface area (Å²) in [6, 6.07) is 0. The summed E-state index contributed by atoms with van der Waals surface area (Å²) < 4.78 is 32.6. The van der Waals surface area contributed by atoms with Crippen LogP contribution in [-0.4, -0.2) is 60.5 Å². The maximum atomic E-state index is 12.6. The third kappa shape index (κ3) is 39.1. The van der Waals surface area contributed by atoms with Crippen LogP contribution in [0.25, 0.3) is 0 Å². The van der Waals surface area contributed by atoms with E-state index in [1.807, 2.05) is 18.2 Å². The van der Waals surface area contributed by atoms with E-state index in [1.54, 1.807) is 12.2 Å². The Morgan fingerprint density at radius 2 is 1.21 bits per heavy atom. The number of hydrogen-bond acceptors (Lipinski definition) is 9.